The third kappa shape index (κ3) is 2.77. The minimum atomic E-state index is -0.915. The van der Waals surface area contributed by atoms with E-state index in [4.69, 9.17) is 5.11 Å². The molecular weight excluding hydrogens is 188 g/mol. The van der Waals surface area contributed by atoms with Gasteiger partial charge in [-0.3, -0.25) is 4.68 Å². The van der Waals surface area contributed by atoms with Crippen LogP contribution in [0.5, 0.6) is 0 Å². The molecule has 4 nitrogen and oxygen atoms in total. The van der Waals surface area contributed by atoms with Gasteiger partial charge >= 0.3 is 5.97 Å². The number of hydrogen-bond donors (Lipinski definition) is 1. The number of nitrogens with zero attached hydrogens (tertiary/aromatic N) is 2. The Hall–Kier alpha value is -0.970. The van der Waals surface area contributed by atoms with Gasteiger partial charge in [-0.25, -0.2) is 4.79 Å². The van der Waals surface area contributed by atoms with Gasteiger partial charge in [0, 0.05) is 12.7 Å². The van der Waals surface area contributed by atoms with Crippen LogP contribution in [0.1, 0.15) is 16.9 Å². The molecule has 0 saturated carbocycles. The number of aryl methyl sites for hydroxylation is 1. The van der Waals surface area contributed by atoms with Crippen molar-refractivity contribution in [3.05, 3.63) is 18.0 Å². The summed E-state index contributed by atoms with van der Waals surface area (Å²) in [5.74, 6) is 0.112. The van der Waals surface area contributed by atoms with Crippen molar-refractivity contribution >= 4 is 17.7 Å². The van der Waals surface area contributed by atoms with Gasteiger partial charge in [0.1, 0.15) is 5.69 Å². The topological polar surface area (TPSA) is 55.1 Å². The fraction of sp³-hybridized carbons (Fsp3) is 0.500. The van der Waals surface area contributed by atoms with E-state index in [-0.39, 0.29) is 5.69 Å². The fourth-order valence-corrected chi connectivity index (χ4v) is 1.47. The van der Waals surface area contributed by atoms with Gasteiger partial charge in [0.05, 0.1) is 0 Å². The highest BCUT2D eigenvalue weighted by molar-refractivity contribution is 7.98. The van der Waals surface area contributed by atoms with Crippen LogP contribution in [-0.2, 0) is 6.54 Å². The average Bonchev–Trinajstić information content (AvgIpc) is 2.53. The summed E-state index contributed by atoms with van der Waals surface area (Å²) >= 11 is 1.75. The summed E-state index contributed by atoms with van der Waals surface area (Å²) in [4.78, 5) is 10.6. The number of carboxylic acids is 1. The molecule has 0 atom stereocenters. The molecule has 0 bridgehead atoms. The van der Waals surface area contributed by atoms with Gasteiger partial charge in [-0.05, 0) is 24.5 Å². The van der Waals surface area contributed by atoms with Crippen LogP contribution in [0.2, 0.25) is 0 Å². The number of carbonyl (C=O) groups is 1. The van der Waals surface area contributed by atoms with Gasteiger partial charge in [-0.2, -0.15) is 16.9 Å². The van der Waals surface area contributed by atoms with Crippen molar-refractivity contribution in [3.63, 3.8) is 0 Å². The van der Waals surface area contributed by atoms with Crippen molar-refractivity contribution in [2.45, 2.75) is 13.0 Å². The van der Waals surface area contributed by atoms with Gasteiger partial charge in [0.2, 0.25) is 0 Å². The molecule has 1 aromatic heterocycles. The van der Waals surface area contributed by atoms with Gasteiger partial charge < -0.3 is 5.11 Å². The standard InChI is InChI=1S/C8H12N2O2S/c1-13-6-2-5-10-7(8(11)12)3-4-9-10/h3-4H,2,5-6H2,1H3,(H,11,12). The molecule has 1 N–H and O–H groups in total. The van der Waals surface area contributed by atoms with E-state index in [9.17, 15) is 4.79 Å². The lowest BCUT2D eigenvalue weighted by Gasteiger charge is -2.02. The quantitative estimate of drug-likeness (QED) is 0.729. The van der Waals surface area contributed by atoms with E-state index in [1.54, 1.807) is 11.8 Å². The third-order valence-corrected chi connectivity index (χ3v) is 2.35. The maximum atomic E-state index is 10.6. The van der Waals surface area contributed by atoms with E-state index in [2.05, 4.69) is 5.10 Å². The second-order valence-corrected chi connectivity index (χ2v) is 3.58. The first-order chi connectivity index (χ1) is 6.25. The zero-order chi connectivity index (χ0) is 9.68. The van der Waals surface area contributed by atoms with Crippen LogP contribution >= 0.6 is 11.8 Å². The molecule has 0 unspecified atom stereocenters. The molecule has 1 heterocycles. The molecule has 0 amide bonds. The molecule has 0 aromatic carbocycles. The minimum absolute atomic E-state index is 0.265. The van der Waals surface area contributed by atoms with Crippen LogP contribution in [0.25, 0.3) is 0 Å². The maximum absolute atomic E-state index is 10.6. The Labute approximate surface area is 80.9 Å². The fourth-order valence-electron chi connectivity index (χ4n) is 1.05. The SMILES string of the molecule is CSCCCn1nccc1C(=O)O. The van der Waals surface area contributed by atoms with E-state index in [1.807, 2.05) is 6.26 Å². The number of aromatic carboxylic acids is 1. The first-order valence-electron chi connectivity index (χ1n) is 3.99. The number of thioether (sulfide) groups is 1. The van der Waals surface area contributed by atoms with Crippen LogP contribution in [0.15, 0.2) is 12.3 Å². The number of hydrogen-bond acceptors (Lipinski definition) is 3. The molecule has 13 heavy (non-hydrogen) atoms. The summed E-state index contributed by atoms with van der Waals surface area (Å²) in [6.45, 7) is 0.676. The van der Waals surface area contributed by atoms with Crippen molar-refractivity contribution in [2.75, 3.05) is 12.0 Å². The monoisotopic (exact) mass is 200 g/mol. The first kappa shape index (κ1) is 10.1. The molecule has 0 saturated heterocycles. The summed E-state index contributed by atoms with van der Waals surface area (Å²) in [5.41, 5.74) is 0.265. The summed E-state index contributed by atoms with van der Waals surface area (Å²) in [6.07, 6.45) is 4.49. The second-order valence-electron chi connectivity index (χ2n) is 2.59. The zero-order valence-corrected chi connectivity index (χ0v) is 8.25. The molecule has 0 aliphatic heterocycles. The van der Waals surface area contributed by atoms with Crippen molar-refractivity contribution in [2.24, 2.45) is 0 Å². The number of rotatable bonds is 5. The molecule has 5 heteroatoms. The van der Waals surface area contributed by atoms with Gasteiger partial charge in [-0.1, -0.05) is 0 Å². The highest BCUT2D eigenvalue weighted by atomic mass is 32.2. The number of aromatic nitrogens is 2. The van der Waals surface area contributed by atoms with Crippen molar-refractivity contribution in [3.8, 4) is 0 Å². The lowest BCUT2D eigenvalue weighted by atomic mass is 10.4. The molecule has 0 aliphatic rings. The molecule has 72 valence electrons. The second kappa shape index (κ2) is 4.91. The van der Waals surface area contributed by atoms with Crippen LogP contribution in [0, 0.1) is 0 Å². The molecule has 1 rings (SSSR count). The Morgan fingerprint density at radius 3 is 3.15 bits per heavy atom. The van der Waals surface area contributed by atoms with E-state index in [0.717, 1.165) is 12.2 Å². The highest BCUT2D eigenvalue weighted by Crippen LogP contribution is 2.02. The van der Waals surface area contributed by atoms with Gasteiger partial charge in [0.15, 0.2) is 0 Å². The molecule has 0 aliphatic carbocycles. The first-order valence-corrected chi connectivity index (χ1v) is 5.39. The van der Waals surface area contributed by atoms with Crippen molar-refractivity contribution in [1.82, 2.24) is 9.78 Å². The summed E-state index contributed by atoms with van der Waals surface area (Å²) in [5, 5.41) is 12.7. The smallest absolute Gasteiger partial charge is 0.354 e. The summed E-state index contributed by atoms with van der Waals surface area (Å²) < 4.78 is 1.53. The third-order valence-electron chi connectivity index (χ3n) is 1.65. The van der Waals surface area contributed by atoms with Crippen LogP contribution in [0.3, 0.4) is 0 Å². The minimum Gasteiger partial charge on any atom is -0.477 e. The highest BCUT2D eigenvalue weighted by Gasteiger charge is 2.08. The lowest BCUT2D eigenvalue weighted by Crippen LogP contribution is -2.10. The molecular formula is C8H12N2O2S. The molecule has 0 radical (unpaired) electrons. The Kier molecular flexibility index (Phi) is 3.82. The predicted molar refractivity (Wildman–Crippen MR) is 52.2 cm³/mol. The summed E-state index contributed by atoms with van der Waals surface area (Å²) in [6, 6.07) is 1.52. The average molecular weight is 200 g/mol. The maximum Gasteiger partial charge on any atom is 0.354 e. The van der Waals surface area contributed by atoms with Crippen LogP contribution in [-0.4, -0.2) is 32.9 Å². The van der Waals surface area contributed by atoms with Crippen molar-refractivity contribution in [1.29, 1.82) is 0 Å². The predicted octanol–water partition coefficient (Wildman–Crippen LogP) is 1.33. The number of carboxylic acid groups (broad SMARTS) is 1. The van der Waals surface area contributed by atoms with Gasteiger partial charge in [-0.15, -0.1) is 0 Å². The molecule has 0 fully saturated rings. The van der Waals surface area contributed by atoms with E-state index in [0.29, 0.717) is 6.54 Å². The Morgan fingerprint density at radius 1 is 1.77 bits per heavy atom. The summed E-state index contributed by atoms with van der Waals surface area (Å²) in [7, 11) is 0. The van der Waals surface area contributed by atoms with Crippen LogP contribution < -0.4 is 0 Å². The largest absolute Gasteiger partial charge is 0.477 e. The molecule has 1 aromatic rings. The van der Waals surface area contributed by atoms with E-state index < -0.39 is 5.97 Å². The Balaban J connectivity index is 2.55. The van der Waals surface area contributed by atoms with Crippen molar-refractivity contribution < 1.29 is 9.90 Å². The van der Waals surface area contributed by atoms with E-state index >= 15 is 0 Å². The zero-order valence-electron chi connectivity index (χ0n) is 7.43. The molecule has 0 spiro atoms. The Morgan fingerprint density at radius 2 is 2.54 bits per heavy atom. The Bertz CT molecular complexity index is 285. The van der Waals surface area contributed by atoms with Crippen LogP contribution in [0.4, 0.5) is 0 Å². The lowest BCUT2D eigenvalue weighted by molar-refractivity contribution is 0.0683. The van der Waals surface area contributed by atoms with E-state index in [1.165, 1.54) is 16.9 Å². The van der Waals surface area contributed by atoms with Gasteiger partial charge in [0.25, 0.3) is 0 Å². The normalized spacial score (nSPS) is 10.2.